The zero-order chi connectivity index (χ0) is 10.9. The number of aromatic hydroxyl groups is 1. The number of ketones is 1. The van der Waals surface area contributed by atoms with Crippen molar-refractivity contribution >= 4 is 21.7 Å². The number of benzene rings is 1. The van der Waals surface area contributed by atoms with E-state index in [4.69, 9.17) is 0 Å². The van der Waals surface area contributed by atoms with E-state index < -0.39 is 17.7 Å². The minimum absolute atomic E-state index is 0.187. The van der Waals surface area contributed by atoms with Crippen LogP contribution in [0.25, 0.3) is 0 Å². The van der Waals surface area contributed by atoms with Crippen LogP contribution in [0.15, 0.2) is 16.6 Å². The number of hydrogen-bond acceptors (Lipinski definition) is 2. The highest BCUT2D eigenvalue weighted by atomic mass is 79.9. The molecule has 0 fully saturated rings. The molecule has 1 N–H and O–H groups in total. The van der Waals surface area contributed by atoms with E-state index in [-0.39, 0.29) is 15.8 Å². The Morgan fingerprint density at radius 2 is 2.07 bits per heavy atom. The third kappa shape index (κ3) is 2.09. The normalized spacial score (nSPS) is 10.6. The van der Waals surface area contributed by atoms with Crippen molar-refractivity contribution in [2.45, 2.75) is 13.3 Å². The van der Waals surface area contributed by atoms with Gasteiger partial charge < -0.3 is 5.11 Å². The molecular formula is C9H7BrF2O2. The van der Waals surface area contributed by atoms with Gasteiger partial charge in [-0.1, -0.05) is 15.9 Å². The van der Waals surface area contributed by atoms with Gasteiger partial charge in [-0.25, -0.2) is 8.78 Å². The number of alkyl halides is 2. The van der Waals surface area contributed by atoms with Gasteiger partial charge in [-0.15, -0.1) is 0 Å². The van der Waals surface area contributed by atoms with Gasteiger partial charge in [0.25, 0.3) is 6.43 Å². The standard InChI is InChI=1S/C9H7BrF2O2/c1-4(13)5-3-8(14)6(9(11)12)2-7(5)10/h2-3,9,14H,1H3. The van der Waals surface area contributed by atoms with Crippen LogP contribution in [0.3, 0.4) is 0 Å². The summed E-state index contributed by atoms with van der Waals surface area (Å²) in [5, 5.41) is 9.18. The SMILES string of the molecule is CC(=O)c1cc(O)c(C(F)F)cc1Br. The highest BCUT2D eigenvalue weighted by Crippen LogP contribution is 2.33. The Morgan fingerprint density at radius 3 is 2.50 bits per heavy atom. The average Bonchev–Trinajstić information content (AvgIpc) is 2.07. The average molecular weight is 265 g/mol. The van der Waals surface area contributed by atoms with Gasteiger partial charge in [0.05, 0.1) is 5.56 Å². The molecule has 14 heavy (non-hydrogen) atoms. The van der Waals surface area contributed by atoms with Crippen molar-refractivity contribution < 1.29 is 18.7 Å². The molecule has 1 aromatic carbocycles. The Morgan fingerprint density at radius 1 is 1.50 bits per heavy atom. The van der Waals surface area contributed by atoms with Gasteiger partial charge in [0.2, 0.25) is 0 Å². The lowest BCUT2D eigenvalue weighted by Crippen LogP contribution is -1.96. The molecule has 0 aliphatic carbocycles. The summed E-state index contributed by atoms with van der Waals surface area (Å²) in [7, 11) is 0. The largest absolute Gasteiger partial charge is 0.507 e. The van der Waals surface area contributed by atoms with E-state index >= 15 is 0 Å². The Labute approximate surface area is 87.7 Å². The van der Waals surface area contributed by atoms with Crippen molar-refractivity contribution in [2.75, 3.05) is 0 Å². The van der Waals surface area contributed by atoms with Crippen LogP contribution < -0.4 is 0 Å². The number of phenols is 1. The molecule has 2 nitrogen and oxygen atoms in total. The first-order valence-electron chi connectivity index (χ1n) is 3.75. The van der Waals surface area contributed by atoms with Crippen molar-refractivity contribution in [1.29, 1.82) is 0 Å². The molecule has 0 unspecified atom stereocenters. The quantitative estimate of drug-likeness (QED) is 0.833. The first-order chi connectivity index (χ1) is 6.43. The lowest BCUT2D eigenvalue weighted by atomic mass is 10.1. The summed E-state index contributed by atoms with van der Waals surface area (Å²) >= 11 is 2.98. The van der Waals surface area contributed by atoms with Crippen LogP contribution in [0.4, 0.5) is 8.78 Å². The van der Waals surface area contributed by atoms with E-state index in [1.807, 2.05) is 0 Å². The van der Waals surface area contributed by atoms with Crippen LogP contribution in [0.5, 0.6) is 5.75 Å². The highest BCUT2D eigenvalue weighted by molar-refractivity contribution is 9.10. The molecule has 0 saturated carbocycles. The van der Waals surface area contributed by atoms with Gasteiger partial charge in [-0.3, -0.25) is 4.79 Å². The molecule has 0 radical (unpaired) electrons. The number of halogens is 3. The van der Waals surface area contributed by atoms with Crippen molar-refractivity contribution in [2.24, 2.45) is 0 Å². The molecule has 0 aliphatic heterocycles. The Kier molecular flexibility index (Phi) is 3.21. The smallest absolute Gasteiger partial charge is 0.267 e. The first kappa shape index (κ1) is 11.1. The van der Waals surface area contributed by atoms with Gasteiger partial charge in [0.1, 0.15) is 5.75 Å². The number of hydrogen-bond donors (Lipinski definition) is 1. The maximum atomic E-state index is 12.3. The minimum atomic E-state index is -2.76. The summed E-state index contributed by atoms with van der Waals surface area (Å²) in [5.74, 6) is -0.860. The van der Waals surface area contributed by atoms with Crippen LogP contribution in [0.2, 0.25) is 0 Å². The predicted octanol–water partition coefficient (Wildman–Crippen LogP) is 3.29. The van der Waals surface area contributed by atoms with Crippen LogP contribution in [0, 0.1) is 0 Å². The summed E-state index contributed by atoms with van der Waals surface area (Å²) in [6.07, 6.45) is -2.76. The molecule has 0 amide bonds. The Bertz CT molecular complexity index is 377. The monoisotopic (exact) mass is 264 g/mol. The third-order valence-corrected chi connectivity index (χ3v) is 2.39. The summed E-state index contributed by atoms with van der Waals surface area (Å²) in [6, 6.07) is 2.09. The van der Waals surface area contributed by atoms with Crippen LogP contribution in [0.1, 0.15) is 29.3 Å². The molecule has 0 atom stereocenters. The fourth-order valence-corrected chi connectivity index (χ4v) is 1.66. The molecule has 0 saturated heterocycles. The molecule has 1 aromatic rings. The van der Waals surface area contributed by atoms with Crippen molar-refractivity contribution in [3.8, 4) is 5.75 Å². The van der Waals surface area contributed by atoms with E-state index in [9.17, 15) is 18.7 Å². The van der Waals surface area contributed by atoms with Crippen molar-refractivity contribution in [3.05, 3.63) is 27.7 Å². The molecule has 0 aromatic heterocycles. The first-order valence-corrected chi connectivity index (χ1v) is 4.54. The fraction of sp³-hybridized carbons (Fsp3) is 0.222. The van der Waals surface area contributed by atoms with Crippen LogP contribution >= 0.6 is 15.9 Å². The minimum Gasteiger partial charge on any atom is -0.507 e. The van der Waals surface area contributed by atoms with E-state index in [0.717, 1.165) is 12.1 Å². The second-order valence-corrected chi connectivity index (χ2v) is 3.60. The summed E-state index contributed by atoms with van der Waals surface area (Å²) in [4.78, 5) is 11.0. The molecule has 0 bridgehead atoms. The van der Waals surface area contributed by atoms with Gasteiger partial charge in [-0.05, 0) is 19.1 Å². The van der Waals surface area contributed by atoms with Crippen molar-refractivity contribution in [1.82, 2.24) is 0 Å². The topological polar surface area (TPSA) is 37.3 Å². The zero-order valence-electron chi connectivity index (χ0n) is 7.22. The number of Topliss-reactive ketones (excluding diaryl/α,β-unsaturated/α-hetero) is 1. The summed E-state index contributed by atoms with van der Waals surface area (Å²) in [5.41, 5.74) is -0.297. The van der Waals surface area contributed by atoms with Gasteiger partial charge >= 0.3 is 0 Å². The second kappa shape index (κ2) is 4.04. The lowest BCUT2D eigenvalue weighted by molar-refractivity contribution is 0.101. The molecule has 76 valence electrons. The molecule has 0 spiro atoms. The highest BCUT2D eigenvalue weighted by Gasteiger charge is 2.16. The van der Waals surface area contributed by atoms with E-state index in [1.165, 1.54) is 6.92 Å². The van der Waals surface area contributed by atoms with Gasteiger partial charge in [0.15, 0.2) is 5.78 Å². The number of carbonyl (C=O) groups excluding carboxylic acids is 1. The number of phenolic OH excluding ortho intramolecular Hbond substituents is 1. The Hall–Kier alpha value is -0.970. The molecular weight excluding hydrogens is 258 g/mol. The fourth-order valence-electron chi connectivity index (χ4n) is 1.02. The predicted molar refractivity (Wildman–Crippen MR) is 50.8 cm³/mol. The van der Waals surface area contributed by atoms with Crippen molar-refractivity contribution in [3.63, 3.8) is 0 Å². The maximum Gasteiger partial charge on any atom is 0.267 e. The summed E-state index contributed by atoms with van der Waals surface area (Å²) in [6.45, 7) is 1.29. The molecule has 1 rings (SSSR count). The van der Waals surface area contributed by atoms with Gasteiger partial charge in [-0.2, -0.15) is 0 Å². The molecule has 5 heteroatoms. The third-order valence-electron chi connectivity index (χ3n) is 1.73. The zero-order valence-corrected chi connectivity index (χ0v) is 8.81. The number of rotatable bonds is 2. The maximum absolute atomic E-state index is 12.3. The van der Waals surface area contributed by atoms with E-state index in [0.29, 0.717) is 0 Å². The van der Waals surface area contributed by atoms with E-state index in [1.54, 1.807) is 0 Å². The lowest BCUT2D eigenvalue weighted by Gasteiger charge is -2.07. The molecule has 0 aliphatic rings. The molecule has 0 heterocycles. The van der Waals surface area contributed by atoms with Crippen LogP contribution in [-0.4, -0.2) is 10.9 Å². The van der Waals surface area contributed by atoms with E-state index in [2.05, 4.69) is 15.9 Å². The Balaban J connectivity index is 3.31. The second-order valence-electron chi connectivity index (χ2n) is 2.75. The van der Waals surface area contributed by atoms with Crippen LogP contribution in [-0.2, 0) is 0 Å². The summed E-state index contributed by atoms with van der Waals surface area (Å²) < 4.78 is 24.8. The number of carbonyl (C=O) groups is 1. The van der Waals surface area contributed by atoms with Gasteiger partial charge in [0, 0.05) is 10.0 Å².